The molecule has 18 heavy (non-hydrogen) atoms. The topological polar surface area (TPSA) is 63.2 Å². The zero-order valence-corrected chi connectivity index (χ0v) is 11.5. The first-order chi connectivity index (χ1) is 8.69. The van der Waals surface area contributed by atoms with E-state index in [1.807, 2.05) is 19.2 Å². The first kappa shape index (κ1) is 13.3. The number of urea groups is 1. The van der Waals surface area contributed by atoms with E-state index in [0.717, 1.165) is 31.6 Å². The summed E-state index contributed by atoms with van der Waals surface area (Å²) in [6.07, 6.45) is 3.10. The molecule has 2 atom stereocenters. The lowest BCUT2D eigenvalue weighted by molar-refractivity contribution is 0.0868. The molecule has 0 spiro atoms. The summed E-state index contributed by atoms with van der Waals surface area (Å²) in [6.45, 7) is 4.80. The van der Waals surface area contributed by atoms with Crippen LogP contribution in [-0.4, -0.2) is 29.8 Å². The largest absolute Gasteiger partial charge is 0.376 e. The number of rotatable bonds is 4. The molecule has 2 rings (SSSR count). The number of carbonyl (C=O) groups is 1. The first-order valence-electron chi connectivity index (χ1n) is 6.32. The van der Waals surface area contributed by atoms with Crippen molar-refractivity contribution in [3.05, 3.63) is 11.1 Å². The number of nitrogens with one attached hydrogen (secondary N) is 2. The number of carbonyl (C=O) groups excluding carboxylic acids is 1. The van der Waals surface area contributed by atoms with Crippen LogP contribution >= 0.6 is 11.3 Å². The zero-order chi connectivity index (χ0) is 13.0. The highest BCUT2D eigenvalue weighted by molar-refractivity contribution is 7.13. The molecule has 1 aromatic rings. The molecule has 1 saturated heterocycles. The van der Waals surface area contributed by atoms with E-state index >= 15 is 0 Å². The molecule has 0 radical (unpaired) electrons. The summed E-state index contributed by atoms with van der Waals surface area (Å²) in [5, 5.41) is 8.24. The molecule has 100 valence electrons. The number of ether oxygens (including phenoxy) is 1. The van der Waals surface area contributed by atoms with Crippen LogP contribution in [0.4, 0.5) is 9.93 Å². The Kier molecular flexibility index (Phi) is 4.54. The third kappa shape index (κ3) is 3.43. The van der Waals surface area contributed by atoms with Crippen LogP contribution in [0.25, 0.3) is 0 Å². The maximum atomic E-state index is 11.8. The Morgan fingerprint density at radius 2 is 2.56 bits per heavy atom. The number of thiazole rings is 1. The van der Waals surface area contributed by atoms with Crippen LogP contribution in [0.2, 0.25) is 0 Å². The van der Waals surface area contributed by atoms with Crippen molar-refractivity contribution in [1.29, 1.82) is 0 Å². The molecule has 0 unspecified atom stereocenters. The second-order valence-electron chi connectivity index (χ2n) is 4.44. The minimum absolute atomic E-state index is 0.0260. The Balaban J connectivity index is 1.80. The molecule has 0 bridgehead atoms. The summed E-state index contributed by atoms with van der Waals surface area (Å²) in [5.74, 6) is 0. The molecule has 0 aliphatic carbocycles. The normalized spacial score (nSPS) is 20.7. The predicted molar refractivity (Wildman–Crippen MR) is 72.1 cm³/mol. The highest BCUT2D eigenvalue weighted by atomic mass is 32.1. The summed E-state index contributed by atoms with van der Waals surface area (Å²) in [6, 6.07) is -0.187. The summed E-state index contributed by atoms with van der Waals surface area (Å²) in [5.41, 5.74) is 1.00. The molecule has 5 nitrogen and oxygen atoms in total. The van der Waals surface area contributed by atoms with E-state index in [-0.39, 0.29) is 18.2 Å². The van der Waals surface area contributed by atoms with E-state index in [1.165, 1.54) is 11.3 Å². The van der Waals surface area contributed by atoms with Gasteiger partial charge in [-0.1, -0.05) is 6.92 Å². The fourth-order valence-electron chi connectivity index (χ4n) is 1.96. The number of aromatic nitrogens is 1. The van der Waals surface area contributed by atoms with Crippen molar-refractivity contribution in [2.45, 2.75) is 45.3 Å². The van der Waals surface area contributed by atoms with Gasteiger partial charge in [-0.2, -0.15) is 0 Å². The van der Waals surface area contributed by atoms with Crippen molar-refractivity contribution in [2.24, 2.45) is 0 Å². The van der Waals surface area contributed by atoms with Crippen LogP contribution in [-0.2, 0) is 11.2 Å². The number of hydrogen-bond acceptors (Lipinski definition) is 4. The lowest BCUT2D eigenvalue weighted by Crippen LogP contribution is -2.42. The van der Waals surface area contributed by atoms with Crippen molar-refractivity contribution >= 4 is 22.5 Å². The second-order valence-corrected chi connectivity index (χ2v) is 5.29. The van der Waals surface area contributed by atoms with Gasteiger partial charge in [-0.05, 0) is 26.2 Å². The van der Waals surface area contributed by atoms with Crippen LogP contribution in [0.15, 0.2) is 5.38 Å². The lowest BCUT2D eigenvalue weighted by atomic mass is 10.1. The molecule has 6 heteroatoms. The molecule has 1 fully saturated rings. The molecule has 2 N–H and O–H groups in total. The molecule has 1 aromatic heterocycles. The number of nitrogens with zero attached hydrogens (tertiary/aromatic N) is 1. The van der Waals surface area contributed by atoms with Gasteiger partial charge in [0, 0.05) is 12.0 Å². The van der Waals surface area contributed by atoms with Gasteiger partial charge in [0.25, 0.3) is 0 Å². The molecule has 0 aromatic carbocycles. The minimum atomic E-state index is -0.213. The third-order valence-electron chi connectivity index (χ3n) is 3.02. The second kappa shape index (κ2) is 6.15. The van der Waals surface area contributed by atoms with Gasteiger partial charge in [0.05, 0.1) is 17.8 Å². The van der Waals surface area contributed by atoms with Gasteiger partial charge in [0.15, 0.2) is 5.13 Å². The highest BCUT2D eigenvalue weighted by Crippen LogP contribution is 2.17. The molecular weight excluding hydrogens is 250 g/mol. The third-order valence-corrected chi connectivity index (χ3v) is 3.82. The predicted octanol–water partition coefficient (Wildman–Crippen LogP) is 2.39. The maximum absolute atomic E-state index is 11.8. The van der Waals surface area contributed by atoms with Crippen LogP contribution in [0.3, 0.4) is 0 Å². The summed E-state index contributed by atoms with van der Waals surface area (Å²) >= 11 is 1.45. The Hall–Kier alpha value is -1.14. The van der Waals surface area contributed by atoms with Gasteiger partial charge >= 0.3 is 6.03 Å². The van der Waals surface area contributed by atoms with Crippen LogP contribution in [0.5, 0.6) is 0 Å². The van der Waals surface area contributed by atoms with Gasteiger partial charge in [-0.25, -0.2) is 9.78 Å². The minimum Gasteiger partial charge on any atom is -0.376 e. The average Bonchev–Trinajstić information content (AvgIpc) is 2.98. The summed E-state index contributed by atoms with van der Waals surface area (Å²) in [7, 11) is 0. The van der Waals surface area contributed by atoms with E-state index < -0.39 is 0 Å². The highest BCUT2D eigenvalue weighted by Gasteiger charge is 2.23. The fraction of sp³-hybridized carbons (Fsp3) is 0.667. The van der Waals surface area contributed by atoms with Crippen LogP contribution in [0, 0.1) is 0 Å². The van der Waals surface area contributed by atoms with E-state index in [9.17, 15) is 4.79 Å². The van der Waals surface area contributed by atoms with Gasteiger partial charge in [0.1, 0.15) is 0 Å². The van der Waals surface area contributed by atoms with Crippen molar-refractivity contribution in [2.75, 3.05) is 11.9 Å². The molecular formula is C12H19N3O2S. The molecule has 1 aliphatic heterocycles. The average molecular weight is 269 g/mol. The van der Waals surface area contributed by atoms with Crippen molar-refractivity contribution in [3.63, 3.8) is 0 Å². The molecule has 2 heterocycles. The van der Waals surface area contributed by atoms with Crippen LogP contribution < -0.4 is 10.6 Å². The van der Waals surface area contributed by atoms with Gasteiger partial charge in [-0.15, -0.1) is 11.3 Å². The van der Waals surface area contributed by atoms with Crippen LogP contribution in [0.1, 0.15) is 32.4 Å². The van der Waals surface area contributed by atoms with E-state index in [4.69, 9.17) is 4.74 Å². The van der Waals surface area contributed by atoms with E-state index in [2.05, 4.69) is 15.6 Å². The Labute approximate surface area is 111 Å². The monoisotopic (exact) mass is 269 g/mol. The lowest BCUT2D eigenvalue weighted by Gasteiger charge is -2.19. The maximum Gasteiger partial charge on any atom is 0.321 e. The van der Waals surface area contributed by atoms with Gasteiger partial charge < -0.3 is 10.1 Å². The van der Waals surface area contributed by atoms with Crippen molar-refractivity contribution in [1.82, 2.24) is 10.3 Å². The Morgan fingerprint density at radius 3 is 3.17 bits per heavy atom. The standard InChI is InChI=1S/C12H19N3O2S/c1-3-9-7-18-12(14-9)15-11(16)13-8(2)10-5-4-6-17-10/h7-8,10H,3-6H2,1-2H3,(H2,13,14,15,16)/t8-,10+/m0/s1. The van der Waals surface area contributed by atoms with E-state index in [1.54, 1.807) is 0 Å². The van der Waals surface area contributed by atoms with Crippen molar-refractivity contribution in [3.8, 4) is 0 Å². The van der Waals surface area contributed by atoms with Gasteiger partial charge in [0.2, 0.25) is 0 Å². The number of anilines is 1. The molecule has 2 amide bonds. The number of amides is 2. The summed E-state index contributed by atoms with van der Waals surface area (Å²) < 4.78 is 5.53. The first-order valence-corrected chi connectivity index (χ1v) is 7.20. The smallest absolute Gasteiger partial charge is 0.321 e. The fourth-order valence-corrected chi connectivity index (χ4v) is 2.75. The van der Waals surface area contributed by atoms with E-state index in [0.29, 0.717) is 5.13 Å². The number of aryl methyl sites for hydroxylation is 1. The quantitative estimate of drug-likeness (QED) is 0.882. The Morgan fingerprint density at radius 1 is 1.72 bits per heavy atom. The Bertz CT molecular complexity index is 402. The summed E-state index contributed by atoms with van der Waals surface area (Å²) in [4.78, 5) is 16.1. The number of hydrogen-bond donors (Lipinski definition) is 2. The zero-order valence-electron chi connectivity index (χ0n) is 10.7. The SMILES string of the molecule is CCc1csc(NC(=O)N[C@@H](C)[C@H]2CCCO2)n1. The molecule has 0 saturated carbocycles. The van der Waals surface area contributed by atoms with Gasteiger partial charge in [-0.3, -0.25) is 5.32 Å². The van der Waals surface area contributed by atoms with Crippen molar-refractivity contribution < 1.29 is 9.53 Å². The molecule has 1 aliphatic rings.